The van der Waals surface area contributed by atoms with Crippen LogP contribution in [0.4, 0.5) is 0 Å². The van der Waals surface area contributed by atoms with Crippen molar-refractivity contribution in [2.24, 2.45) is 5.73 Å². The fourth-order valence-corrected chi connectivity index (χ4v) is 0.743. The largest absolute Gasteiger partial charge is 0.370 e. The summed E-state index contributed by atoms with van der Waals surface area (Å²) >= 11 is 0. The Balaban J connectivity index is 4.14. The smallest absolute Gasteiger partial charge is 0.219 e. The van der Waals surface area contributed by atoms with Crippen molar-refractivity contribution < 1.29 is 14.4 Å². The molecule has 0 unspecified atom stereocenters. The number of hydrogen-bond donors (Lipinski definition) is 2. The maximum absolute atomic E-state index is 10.8. The van der Waals surface area contributed by atoms with Crippen LogP contribution in [-0.2, 0) is 14.4 Å². The Morgan fingerprint density at radius 3 is 2.08 bits per heavy atom. The summed E-state index contributed by atoms with van der Waals surface area (Å²) in [6, 6.07) is -0.778. The fraction of sp³-hybridized carbons (Fsp3) is 0.571. The average Bonchev–Trinajstić information content (AvgIpc) is 1.83. The number of carbonyl (C=O) groups excluding carboxylic acids is 3. The van der Waals surface area contributed by atoms with Gasteiger partial charge < -0.3 is 11.1 Å². The highest BCUT2D eigenvalue weighted by molar-refractivity contribution is 5.90. The number of primary amides is 1. The third kappa shape index (κ3) is 4.43. The number of nitrogens with one attached hydrogen (secondary N) is 1. The lowest BCUT2D eigenvalue weighted by atomic mass is 10.1. The van der Waals surface area contributed by atoms with Gasteiger partial charge in [0.2, 0.25) is 11.8 Å². The molecule has 0 aromatic rings. The van der Waals surface area contributed by atoms with E-state index in [9.17, 15) is 14.4 Å². The Hall–Kier alpha value is -1.39. The third-order valence-electron chi connectivity index (χ3n) is 1.27. The van der Waals surface area contributed by atoms with Crippen LogP contribution in [0.15, 0.2) is 0 Å². The first-order chi connectivity index (χ1) is 5.43. The quantitative estimate of drug-likeness (QED) is 0.567. The number of rotatable bonds is 4. The minimum atomic E-state index is -0.778. The van der Waals surface area contributed by atoms with Gasteiger partial charge in [-0.3, -0.25) is 14.4 Å². The van der Waals surface area contributed by atoms with Crippen LogP contribution in [0.1, 0.15) is 20.3 Å². The van der Waals surface area contributed by atoms with Gasteiger partial charge in [-0.25, -0.2) is 0 Å². The summed E-state index contributed by atoms with van der Waals surface area (Å²) in [5.41, 5.74) is 4.86. The topological polar surface area (TPSA) is 89.3 Å². The molecule has 0 aliphatic rings. The lowest BCUT2D eigenvalue weighted by Crippen LogP contribution is -2.41. The lowest BCUT2D eigenvalue weighted by molar-refractivity contribution is -0.128. The Morgan fingerprint density at radius 2 is 1.83 bits per heavy atom. The van der Waals surface area contributed by atoms with E-state index < -0.39 is 11.9 Å². The Labute approximate surface area is 70.3 Å². The van der Waals surface area contributed by atoms with Crippen LogP contribution in [0.25, 0.3) is 0 Å². The molecule has 0 fully saturated rings. The average molecular weight is 172 g/mol. The van der Waals surface area contributed by atoms with Gasteiger partial charge in [0.05, 0.1) is 12.5 Å². The van der Waals surface area contributed by atoms with Crippen molar-refractivity contribution >= 4 is 17.6 Å². The molecule has 5 nitrogen and oxygen atoms in total. The molecule has 0 saturated carbocycles. The summed E-state index contributed by atoms with van der Waals surface area (Å²) in [6.45, 7) is 2.57. The molecule has 0 aliphatic carbocycles. The predicted octanol–water partition coefficient (Wildman–Crippen LogP) is -1.04. The van der Waals surface area contributed by atoms with E-state index >= 15 is 0 Å². The summed E-state index contributed by atoms with van der Waals surface area (Å²) < 4.78 is 0. The molecule has 0 aliphatic heterocycles. The van der Waals surface area contributed by atoms with Crippen LogP contribution in [0.2, 0.25) is 0 Å². The van der Waals surface area contributed by atoms with Gasteiger partial charge in [0, 0.05) is 6.92 Å². The standard InChI is InChI=1S/C7H12N2O3/c1-4(10)6(3-7(8)12)9-5(2)11/h6H,3H2,1-2H3,(H2,8,12)(H,9,11)/t6-/m1/s1. The van der Waals surface area contributed by atoms with Gasteiger partial charge in [0.25, 0.3) is 0 Å². The molecule has 3 N–H and O–H groups in total. The lowest BCUT2D eigenvalue weighted by Gasteiger charge is -2.11. The first-order valence-electron chi connectivity index (χ1n) is 3.49. The van der Waals surface area contributed by atoms with Crippen LogP contribution >= 0.6 is 0 Å². The van der Waals surface area contributed by atoms with Crippen LogP contribution < -0.4 is 11.1 Å². The molecular weight excluding hydrogens is 160 g/mol. The minimum absolute atomic E-state index is 0.144. The molecule has 0 spiro atoms. The molecule has 0 heterocycles. The third-order valence-corrected chi connectivity index (χ3v) is 1.27. The van der Waals surface area contributed by atoms with E-state index in [0.717, 1.165) is 0 Å². The molecule has 0 rings (SSSR count). The SMILES string of the molecule is CC(=O)N[C@H](CC(N)=O)C(C)=O. The maximum Gasteiger partial charge on any atom is 0.219 e. The number of amides is 2. The summed E-state index contributed by atoms with van der Waals surface area (Å²) in [7, 11) is 0. The Bertz CT molecular complexity index is 197. The van der Waals surface area contributed by atoms with Crippen molar-refractivity contribution in [2.75, 3.05) is 0 Å². The van der Waals surface area contributed by atoms with Crippen LogP contribution in [0.3, 0.4) is 0 Å². The first kappa shape index (κ1) is 10.6. The molecule has 12 heavy (non-hydrogen) atoms. The summed E-state index contributed by atoms with van der Waals surface area (Å²) in [6.07, 6.45) is -0.144. The Morgan fingerprint density at radius 1 is 1.33 bits per heavy atom. The van der Waals surface area contributed by atoms with Gasteiger partial charge in [0.1, 0.15) is 0 Å². The van der Waals surface area contributed by atoms with Crippen molar-refractivity contribution in [3.8, 4) is 0 Å². The van der Waals surface area contributed by atoms with Gasteiger partial charge >= 0.3 is 0 Å². The van der Waals surface area contributed by atoms with E-state index in [1.54, 1.807) is 0 Å². The molecule has 2 amide bonds. The number of carbonyl (C=O) groups is 3. The van der Waals surface area contributed by atoms with Gasteiger partial charge in [-0.05, 0) is 6.92 Å². The van der Waals surface area contributed by atoms with Crippen molar-refractivity contribution in [3.05, 3.63) is 0 Å². The van der Waals surface area contributed by atoms with E-state index in [2.05, 4.69) is 5.32 Å². The second-order valence-corrected chi connectivity index (χ2v) is 2.53. The molecule has 68 valence electrons. The molecular formula is C7H12N2O3. The normalized spacial score (nSPS) is 11.8. The van der Waals surface area contributed by atoms with Gasteiger partial charge in [-0.2, -0.15) is 0 Å². The molecule has 0 saturated heterocycles. The van der Waals surface area contributed by atoms with Gasteiger partial charge in [-0.15, -0.1) is 0 Å². The van der Waals surface area contributed by atoms with Crippen LogP contribution in [0.5, 0.6) is 0 Å². The van der Waals surface area contributed by atoms with E-state index in [1.807, 2.05) is 0 Å². The number of nitrogens with two attached hydrogens (primary N) is 1. The van der Waals surface area contributed by atoms with Crippen molar-refractivity contribution in [1.29, 1.82) is 0 Å². The van der Waals surface area contributed by atoms with Crippen LogP contribution in [0, 0.1) is 0 Å². The summed E-state index contributed by atoms with van der Waals surface area (Å²) in [5, 5.41) is 2.32. The first-order valence-corrected chi connectivity index (χ1v) is 3.49. The van der Waals surface area contributed by atoms with E-state index in [1.165, 1.54) is 13.8 Å². The molecule has 0 bridgehead atoms. The minimum Gasteiger partial charge on any atom is -0.370 e. The molecule has 5 heteroatoms. The van der Waals surface area contributed by atoms with Crippen molar-refractivity contribution in [2.45, 2.75) is 26.3 Å². The molecule has 1 atom stereocenters. The molecule has 0 radical (unpaired) electrons. The highest BCUT2D eigenvalue weighted by Crippen LogP contribution is 1.92. The van der Waals surface area contributed by atoms with E-state index in [-0.39, 0.29) is 18.1 Å². The highest BCUT2D eigenvalue weighted by atomic mass is 16.2. The number of Topliss-reactive ketones (excluding diaryl/α,β-unsaturated/α-hetero) is 1. The maximum atomic E-state index is 10.8. The van der Waals surface area contributed by atoms with Crippen molar-refractivity contribution in [3.63, 3.8) is 0 Å². The van der Waals surface area contributed by atoms with Crippen molar-refractivity contribution in [1.82, 2.24) is 5.32 Å². The number of hydrogen-bond acceptors (Lipinski definition) is 3. The Kier molecular flexibility index (Phi) is 3.96. The zero-order valence-corrected chi connectivity index (χ0v) is 7.09. The monoisotopic (exact) mass is 172 g/mol. The van der Waals surface area contributed by atoms with Gasteiger partial charge in [-0.1, -0.05) is 0 Å². The second kappa shape index (κ2) is 4.48. The zero-order chi connectivity index (χ0) is 9.72. The zero-order valence-electron chi connectivity index (χ0n) is 7.09. The second-order valence-electron chi connectivity index (χ2n) is 2.53. The molecule has 0 aromatic carbocycles. The fourth-order valence-electron chi connectivity index (χ4n) is 0.743. The summed E-state index contributed by atoms with van der Waals surface area (Å²) in [4.78, 5) is 31.7. The van der Waals surface area contributed by atoms with E-state index in [0.29, 0.717) is 0 Å². The summed E-state index contributed by atoms with van der Waals surface area (Å²) in [5.74, 6) is -1.23. The highest BCUT2D eigenvalue weighted by Gasteiger charge is 2.16. The predicted molar refractivity (Wildman–Crippen MR) is 42.1 cm³/mol. The number of ketones is 1. The van der Waals surface area contributed by atoms with Gasteiger partial charge in [0.15, 0.2) is 5.78 Å². The van der Waals surface area contributed by atoms with Crippen LogP contribution in [-0.4, -0.2) is 23.6 Å². The van der Waals surface area contributed by atoms with E-state index in [4.69, 9.17) is 5.73 Å². The molecule has 0 aromatic heterocycles.